The lowest BCUT2D eigenvalue weighted by molar-refractivity contribution is 0.260. The van der Waals surface area contributed by atoms with Crippen LogP contribution in [0, 0.1) is 0 Å². The molecule has 0 heterocycles. The van der Waals surface area contributed by atoms with Crippen LogP contribution in [0.4, 0.5) is 0 Å². The molecule has 0 bridgehead atoms. The van der Waals surface area contributed by atoms with Crippen LogP contribution < -0.4 is 5.32 Å². The highest BCUT2D eigenvalue weighted by Gasteiger charge is 2.15. The van der Waals surface area contributed by atoms with Crippen molar-refractivity contribution < 1.29 is 13.5 Å². The Morgan fingerprint density at radius 3 is 2.13 bits per heavy atom. The maximum absolute atomic E-state index is 11.5. The van der Waals surface area contributed by atoms with Gasteiger partial charge in [0.25, 0.3) is 0 Å². The van der Waals surface area contributed by atoms with E-state index in [0.29, 0.717) is 11.3 Å². The van der Waals surface area contributed by atoms with Crippen LogP contribution in [0.3, 0.4) is 0 Å². The summed E-state index contributed by atoms with van der Waals surface area (Å²) in [6, 6.07) is 17.0. The van der Waals surface area contributed by atoms with Crippen molar-refractivity contribution in [2.45, 2.75) is 30.3 Å². The van der Waals surface area contributed by atoms with E-state index in [-0.39, 0.29) is 18.7 Å². The van der Waals surface area contributed by atoms with Crippen molar-refractivity contribution in [3.63, 3.8) is 0 Å². The first-order chi connectivity index (χ1) is 10.9. The van der Waals surface area contributed by atoms with Crippen molar-refractivity contribution in [2.75, 3.05) is 12.9 Å². The Labute approximate surface area is 138 Å². The Bertz CT molecular complexity index is 712. The third kappa shape index (κ3) is 4.89. The molecular weight excluding hydrogens is 310 g/mol. The van der Waals surface area contributed by atoms with Crippen LogP contribution in [0.15, 0.2) is 59.5 Å². The van der Waals surface area contributed by atoms with Crippen molar-refractivity contribution in [1.29, 1.82) is 0 Å². The molecule has 0 aromatic heterocycles. The first kappa shape index (κ1) is 17.7. The zero-order valence-corrected chi connectivity index (χ0v) is 14.3. The second kappa shape index (κ2) is 7.73. The zero-order valence-electron chi connectivity index (χ0n) is 13.4. The monoisotopic (exact) mass is 333 g/mol. The molecule has 4 nitrogen and oxygen atoms in total. The Morgan fingerprint density at radius 1 is 1.00 bits per heavy atom. The molecule has 0 aliphatic heterocycles. The van der Waals surface area contributed by atoms with Gasteiger partial charge in [-0.3, -0.25) is 0 Å². The SMILES string of the molecule is CC(N[C@H](CCO)c1ccccc1)c1ccc(S(C)(=O)=O)cc1. The van der Waals surface area contributed by atoms with Crippen LogP contribution in [0.2, 0.25) is 0 Å². The first-order valence-corrected chi connectivity index (χ1v) is 9.53. The average molecular weight is 333 g/mol. The lowest BCUT2D eigenvalue weighted by atomic mass is 10.0. The van der Waals surface area contributed by atoms with Gasteiger partial charge in [0.05, 0.1) is 4.90 Å². The lowest BCUT2D eigenvalue weighted by Crippen LogP contribution is -2.25. The third-order valence-electron chi connectivity index (χ3n) is 3.88. The normalized spacial score (nSPS) is 14.4. The second-order valence-corrected chi connectivity index (χ2v) is 7.72. The van der Waals surface area contributed by atoms with E-state index < -0.39 is 9.84 Å². The fraction of sp³-hybridized carbons (Fsp3) is 0.333. The minimum Gasteiger partial charge on any atom is -0.396 e. The largest absolute Gasteiger partial charge is 0.396 e. The minimum atomic E-state index is -3.17. The van der Waals surface area contributed by atoms with E-state index in [0.717, 1.165) is 11.1 Å². The van der Waals surface area contributed by atoms with Crippen molar-refractivity contribution in [1.82, 2.24) is 5.32 Å². The Balaban J connectivity index is 2.14. The van der Waals surface area contributed by atoms with Crippen molar-refractivity contribution in [3.05, 3.63) is 65.7 Å². The van der Waals surface area contributed by atoms with E-state index in [9.17, 15) is 13.5 Å². The average Bonchev–Trinajstić information content (AvgIpc) is 2.54. The van der Waals surface area contributed by atoms with Gasteiger partial charge in [-0.25, -0.2) is 8.42 Å². The van der Waals surface area contributed by atoms with Gasteiger partial charge in [-0.15, -0.1) is 0 Å². The fourth-order valence-corrected chi connectivity index (χ4v) is 3.19. The summed E-state index contributed by atoms with van der Waals surface area (Å²) in [7, 11) is -3.17. The molecule has 0 amide bonds. The molecule has 1 unspecified atom stereocenters. The predicted molar refractivity (Wildman–Crippen MR) is 92.0 cm³/mol. The van der Waals surface area contributed by atoms with E-state index in [1.54, 1.807) is 12.1 Å². The summed E-state index contributed by atoms with van der Waals surface area (Å²) in [5, 5.41) is 12.8. The van der Waals surface area contributed by atoms with Gasteiger partial charge in [-0.05, 0) is 36.6 Å². The fourth-order valence-electron chi connectivity index (χ4n) is 2.56. The van der Waals surface area contributed by atoms with Crippen LogP contribution in [0.1, 0.15) is 36.6 Å². The number of benzene rings is 2. The number of aliphatic hydroxyl groups excluding tert-OH is 1. The molecule has 0 saturated heterocycles. The molecule has 23 heavy (non-hydrogen) atoms. The van der Waals surface area contributed by atoms with Crippen LogP contribution >= 0.6 is 0 Å². The van der Waals surface area contributed by atoms with Gasteiger partial charge in [0, 0.05) is 24.9 Å². The van der Waals surface area contributed by atoms with E-state index in [4.69, 9.17) is 0 Å². The number of hydrogen-bond donors (Lipinski definition) is 2. The van der Waals surface area contributed by atoms with Crippen molar-refractivity contribution >= 4 is 9.84 Å². The number of sulfone groups is 1. The topological polar surface area (TPSA) is 66.4 Å². The number of rotatable bonds is 7. The van der Waals surface area contributed by atoms with Crippen LogP contribution in [0.25, 0.3) is 0 Å². The Hall–Kier alpha value is -1.69. The Kier molecular flexibility index (Phi) is 5.93. The smallest absolute Gasteiger partial charge is 0.175 e. The number of aliphatic hydroxyl groups is 1. The summed E-state index contributed by atoms with van der Waals surface area (Å²) in [5.74, 6) is 0. The molecule has 2 atom stereocenters. The van der Waals surface area contributed by atoms with E-state index in [1.807, 2.05) is 49.4 Å². The number of nitrogens with one attached hydrogen (secondary N) is 1. The van der Waals surface area contributed by atoms with E-state index in [2.05, 4.69) is 5.32 Å². The molecule has 124 valence electrons. The maximum atomic E-state index is 11.5. The van der Waals surface area contributed by atoms with Gasteiger partial charge in [0.15, 0.2) is 9.84 Å². The lowest BCUT2D eigenvalue weighted by Gasteiger charge is -2.24. The van der Waals surface area contributed by atoms with Gasteiger partial charge in [-0.2, -0.15) is 0 Å². The molecule has 2 aromatic carbocycles. The summed E-state index contributed by atoms with van der Waals surface area (Å²) < 4.78 is 23.0. The molecule has 2 N–H and O–H groups in total. The summed E-state index contributed by atoms with van der Waals surface area (Å²) in [5.41, 5.74) is 2.14. The van der Waals surface area contributed by atoms with Crippen LogP contribution in [-0.2, 0) is 9.84 Å². The summed E-state index contributed by atoms with van der Waals surface area (Å²) in [6.07, 6.45) is 1.83. The highest BCUT2D eigenvalue weighted by atomic mass is 32.2. The highest BCUT2D eigenvalue weighted by Crippen LogP contribution is 2.23. The van der Waals surface area contributed by atoms with E-state index >= 15 is 0 Å². The minimum absolute atomic E-state index is 0.0420. The molecule has 0 radical (unpaired) electrons. The molecule has 0 fully saturated rings. The quantitative estimate of drug-likeness (QED) is 0.818. The zero-order chi connectivity index (χ0) is 16.9. The van der Waals surface area contributed by atoms with Gasteiger partial charge in [0.2, 0.25) is 0 Å². The Morgan fingerprint density at radius 2 is 1.61 bits per heavy atom. The summed E-state index contributed by atoms with van der Waals surface area (Å²) in [4.78, 5) is 0.323. The molecule has 2 aromatic rings. The predicted octanol–water partition coefficient (Wildman–Crippen LogP) is 2.86. The molecule has 0 aliphatic rings. The summed E-state index contributed by atoms with van der Waals surface area (Å²) >= 11 is 0. The number of hydrogen-bond acceptors (Lipinski definition) is 4. The van der Waals surface area contributed by atoms with Crippen molar-refractivity contribution in [2.24, 2.45) is 0 Å². The van der Waals surface area contributed by atoms with Gasteiger partial charge in [0.1, 0.15) is 0 Å². The van der Waals surface area contributed by atoms with Gasteiger partial charge >= 0.3 is 0 Å². The van der Waals surface area contributed by atoms with Crippen LogP contribution in [0.5, 0.6) is 0 Å². The molecule has 5 heteroatoms. The standard InChI is InChI=1S/C18H23NO3S/c1-14(15-8-10-17(11-9-15)23(2,21)22)19-18(12-13-20)16-6-4-3-5-7-16/h3-11,14,18-20H,12-13H2,1-2H3/t14?,18-/m1/s1. The molecule has 0 spiro atoms. The highest BCUT2D eigenvalue weighted by molar-refractivity contribution is 7.90. The van der Waals surface area contributed by atoms with Gasteiger partial charge in [-0.1, -0.05) is 42.5 Å². The molecule has 0 saturated carbocycles. The van der Waals surface area contributed by atoms with Crippen LogP contribution in [-0.4, -0.2) is 26.4 Å². The maximum Gasteiger partial charge on any atom is 0.175 e. The second-order valence-electron chi connectivity index (χ2n) is 5.71. The first-order valence-electron chi connectivity index (χ1n) is 7.63. The third-order valence-corrected chi connectivity index (χ3v) is 5.01. The molecule has 2 rings (SSSR count). The van der Waals surface area contributed by atoms with Gasteiger partial charge < -0.3 is 10.4 Å². The van der Waals surface area contributed by atoms with Crippen molar-refractivity contribution in [3.8, 4) is 0 Å². The molecule has 0 aliphatic carbocycles. The van der Waals surface area contributed by atoms with E-state index in [1.165, 1.54) is 6.26 Å². The molecular formula is C18H23NO3S. The summed E-state index contributed by atoms with van der Waals surface area (Å²) in [6.45, 7) is 2.13.